The van der Waals surface area contributed by atoms with Crippen molar-refractivity contribution in [1.82, 2.24) is 34.1 Å². The molecule has 4 rings (SSSR count). The summed E-state index contributed by atoms with van der Waals surface area (Å²) in [5.74, 6) is -3.59. The molecule has 0 saturated heterocycles. The van der Waals surface area contributed by atoms with Gasteiger partial charge in [0.1, 0.15) is 12.1 Å². The lowest BCUT2D eigenvalue weighted by Crippen LogP contribution is -2.37. The van der Waals surface area contributed by atoms with Gasteiger partial charge in [-0.3, -0.25) is 9.36 Å². The van der Waals surface area contributed by atoms with Gasteiger partial charge in [0.05, 0.1) is 6.54 Å². The highest BCUT2D eigenvalue weighted by Gasteiger charge is 2.40. The van der Waals surface area contributed by atoms with E-state index in [0.29, 0.717) is 20.0 Å². The number of aliphatic hydroxyl groups excluding tert-OH is 1. The van der Waals surface area contributed by atoms with Crippen LogP contribution in [0.2, 0.25) is 5.02 Å². The summed E-state index contributed by atoms with van der Waals surface area (Å²) in [7, 11) is 0. The zero-order chi connectivity index (χ0) is 28.7. The van der Waals surface area contributed by atoms with Crippen LogP contribution < -0.4 is 11.4 Å². The van der Waals surface area contributed by atoms with Gasteiger partial charge in [0.15, 0.2) is 23.6 Å². The maximum absolute atomic E-state index is 13.5. The van der Waals surface area contributed by atoms with Crippen LogP contribution in [0.15, 0.2) is 47.4 Å². The highest BCUT2D eigenvalue weighted by Crippen LogP contribution is 2.32. The summed E-state index contributed by atoms with van der Waals surface area (Å²) in [5.41, 5.74) is 3.00. The Hall–Kier alpha value is -4.25. The summed E-state index contributed by atoms with van der Waals surface area (Å²) in [6.07, 6.45) is -11.9. The minimum atomic E-state index is -5.06. The van der Waals surface area contributed by atoms with E-state index in [0.717, 1.165) is 12.3 Å². The monoisotopic (exact) mass is 576 g/mol. The van der Waals surface area contributed by atoms with Crippen molar-refractivity contribution in [3.8, 4) is 17.2 Å². The number of rotatable bonds is 7. The smallest absolute Gasteiger partial charge is 0.382 e. The molecule has 0 bridgehead atoms. The number of aliphatic hydroxyl groups is 1. The summed E-state index contributed by atoms with van der Waals surface area (Å²) < 4.78 is 81.3. The third-order valence-electron chi connectivity index (χ3n) is 5.21. The van der Waals surface area contributed by atoms with E-state index < -0.39 is 66.2 Å². The Labute approximate surface area is 218 Å². The topological polar surface area (TPSA) is 147 Å². The van der Waals surface area contributed by atoms with Crippen LogP contribution in [-0.4, -0.2) is 57.4 Å². The average Bonchev–Trinajstić information content (AvgIpc) is 3.41. The molecule has 39 heavy (non-hydrogen) atoms. The SMILES string of the molecule is NC(=O)c1nc(Cn2nc(-c3ccc(Cl)cc3)n(C[C@@H](O)C(F)(F)F)c2=O)nn1-c1ncccc1C(F)(F)F. The number of amides is 1. The van der Waals surface area contributed by atoms with E-state index in [1.54, 1.807) is 0 Å². The molecular formula is C21H15ClF6N8O3. The molecule has 1 amide bonds. The molecule has 0 aliphatic heterocycles. The number of hydrogen-bond donors (Lipinski definition) is 2. The molecule has 1 aromatic carbocycles. The summed E-state index contributed by atoms with van der Waals surface area (Å²) in [6, 6.07) is 7.20. The Morgan fingerprint density at radius 2 is 1.74 bits per heavy atom. The lowest BCUT2D eigenvalue weighted by molar-refractivity contribution is -0.207. The molecule has 3 aromatic heterocycles. The van der Waals surface area contributed by atoms with Crippen molar-refractivity contribution >= 4 is 17.5 Å². The van der Waals surface area contributed by atoms with E-state index in [-0.39, 0.29) is 16.4 Å². The largest absolute Gasteiger partial charge is 0.420 e. The Morgan fingerprint density at radius 1 is 1.08 bits per heavy atom. The van der Waals surface area contributed by atoms with Crippen LogP contribution in [0.25, 0.3) is 17.2 Å². The molecule has 0 aliphatic rings. The molecule has 4 aromatic rings. The van der Waals surface area contributed by atoms with E-state index in [1.165, 1.54) is 24.3 Å². The standard InChI is InChI=1S/C21H15ClF6N8O3/c22-11-5-3-10(4-6-11)16-33-35(19(39)34(16)8-13(37)21(26,27)28)9-14-31-18(15(29)38)36(32-14)17-12(20(23,24)25)2-1-7-30-17/h1-7,13,37H,8-9H2,(H2,29,38)/t13-/m1/s1. The Morgan fingerprint density at radius 3 is 2.33 bits per heavy atom. The lowest BCUT2D eigenvalue weighted by atomic mass is 10.2. The third-order valence-corrected chi connectivity index (χ3v) is 5.47. The zero-order valence-corrected chi connectivity index (χ0v) is 19.9. The van der Waals surface area contributed by atoms with Crippen molar-refractivity contribution in [2.75, 3.05) is 0 Å². The second-order valence-electron chi connectivity index (χ2n) is 7.94. The predicted molar refractivity (Wildman–Crippen MR) is 121 cm³/mol. The van der Waals surface area contributed by atoms with Gasteiger partial charge in [-0.25, -0.2) is 19.4 Å². The van der Waals surface area contributed by atoms with E-state index >= 15 is 0 Å². The van der Waals surface area contributed by atoms with Gasteiger partial charge >= 0.3 is 18.0 Å². The molecule has 206 valence electrons. The fourth-order valence-corrected chi connectivity index (χ4v) is 3.57. The van der Waals surface area contributed by atoms with Crippen molar-refractivity contribution in [2.45, 2.75) is 31.5 Å². The molecule has 1 atom stereocenters. The van der Waals surface area contributed by atoms with E-state index in [4.69, 9.17) is 17.3 Å². The molecule has 18 heteroatoms. The van der Waals surface area contributed by atoms with Crippen LogP contribution in [0.1, 0.15) is 22.0 Å². The van der Waals surface area contributed by atoms with Crippen LogP contribution >= 0.6 is 11.6 Å². The normalized spacial score (nSPS) is 13.0. The van der Waals surface area contributed by atoms with Gasteiger partial charge in [0.25, 0.3) is 5.91 Å². The van der Waals surface area contributed by atoms with Crippen molar-refractivity contribution < 1.29 is 36.2 Å². The molecule has 0 aliphatic carbocycles. The molecule has 3 N–H and O–H groups in total. The average molecular weight is 577 g/mol. The Balaban J connectivity index is 1.81. The summed E-state index contributed by atoms with van der Waals surface area (Å²) >= 11 is 5.84. The third kappa shape index (κ3) is 5.78. The van der Waals surface area contributed by atoms with Gasteiger partial charge in [0, 0.05) is 16.8 Å². The minimum absolute atomic E-state index is 0.157. The van der Waals surface area contributed by atoms with Crippen LogP contribution in [0.4, 0.5) is 26.3 Å². The quantitative estimate of drug-likeness (QED) is 0.321. The number of carbonyl (C=O) groups excluding carboxylic acids is 1. The summed E-state index contributed by atoms with van der Waals surface area (Å²) in [4.78, 5) is 32.4. The van der Waals surface area contributed by atoms with E-state index in [9.17, 15) is 41.0 Å². The first-order chi connectivity index (χ1) is 18.2. The number of nitrogens with zero attached hydrogens (tertiary/aromatic N) is 7. The minimum Gasteiger partial charge on any atom is -0.382 e. The summed E-state index contributed by atoms with van der Waals surface area (Å²) in [6.45, 7) is -1.92. The van der Waals surface area contributed by atoms with Crippen LogP contribution in [0, 0.1) is 0 Å². The maximum atomic E-state index is 13.5. The van der Waals surface area contributed by atoms with Gasteiger partial charge in [-0.1, -0.05) is 11.6 Å². The van der Waals surface area contributed by atoms with E-state index in [1.807, 2.05) is 0 Å². The highest BCUT2D eigenvalue weighted by atomic mass is 35.5. The van der Waals surface area contributed by atoms with Crippen molar-refractivity contribution in [1.29, 1.82) is 0 Å². The zero-order valence-electron chi connectivity index (χ0n) is 19.2. The number of halogens is 7. The number of aromatic nitrogens is 7. The van der Waals surface area contributed by atoms with Gasteiger partial charge in [-0.2, -0.15) is 31.0 Å². The fourth-order valence-electron chi connectivity index (χ4n) is 3.45. The number of alkyl halides is 6. The molecule has 0 spiro atoms. The fraction of sp³-hybridized carbons (Fsp3) is 0.238. The Kier molecular flexibility index (Phi) is 7.22. The molecule has 3 heterocycles. The lowest BCUT2D eigenvalue weighted by Gasteiger charge is -2.15. The Bertz CT molecular complexity index is 1580. The van der Waals surface area contributed by atoms with Crippen molar-refractivity contribution in [3.05, 3.63) is 75.3 Å². The molecule has 0 unspecified atom stereocenters. The van der Waals surface area contributed by atoms with Crippen LogP contribution in [0.5, 0.6) is 0 Å². The van der Waals surface area contributed by atoms with Crippen LogP contribution in [-0.2, 0) is 19.3 Å². The van der Waals surface area contributed by atoms with E-state index in [2.05, 4.69) is 20.2 Å². The number of pyridine rings is 1. The number of carbonyl (C=O) groups is 1. The second kappa shape index (κ2) is 10.1. The highest BCUT2D eigenvalue weighted by molar-refractivity contribution is 6.30. The first-order valence-electron chi connectivity index (χ1n) is 10.6. The first-order valence-corrected chi connectivity index (χ1v) is 11.0. The molecule has 0 radical (unpaired) electrons. The second-order valence-corrected chi connectivity index (χ2v) is 8.38. The number of primary amides is 1. The van der Waals surface area contributed by atoms with Crippen molar-refractivity contribution in [2.24, 2.45) is 5.73 Å². The first kappa shape index (κ1) is 27.8. The number of nitrogens with two attached hydrogens (primary N) is 1. The number of hydrogen-bond acceptors (Lipinski definition) is 7. The van der Waals surface area contributed by atoms with Gasteiger partial charge in [-0.15, -0.1) is 10.2 Å². The molecule has 11 nitrogen and oxygen atoms in total. The molecule has 0 saturated carbocycles. The van der Waals surface area contributed by atoms with Gasteiger partial charge < -0.3 is 10.8 Å². The van der Waals surface area contributed by atoms with Gasteiger partial charge in [0.2, 0.25) is 5.82 Å². The maximum Gasteiger partial charge on any atom is 0.420 e. The predicted octanol–water partition coefficient (Wildman–Crippen LogP) is 2.43. The van der Waals surface area contributed by atoms with Crippen LogP contribution in [0.3, 0.4) is 0 Å². The number of benzene rings is 1. The molecular weight excluding hydrogens is 562 g/mol. The van der Waals surface area contributed by atoms with Gasteiger partial charge in [-0.05, 0) is 36.4 Å². The summed E-state index contributed by atoms with van der Waals surface area (Å²) in [5, 5.41) is 17.7. The van der Waals surface area contributed by atoms with Crippen molar-refractivity contribution in [3.63, 3.8) is 0 Å². The molecule has 0 fully saturated rings.